The molecular weight excluding hydrogens is 555 g/mol. The van der Waals surface area contributed by atoms with Gasteiger partial charge in [0.15, 0.2) is 0 Å². The maximum Gasteiger partial charge on any atom is 0.133 e. The summed E-state index contributed by atoms with van der Waals surface area (Å²) in [5.74, 6) is 0.0852. The predicted octanol–water partition coefficient (Wildman–Crippen LogP) is 2.38. The molecule has 0 atom stereocenters. The third kappa shape index (κ3) is 10.3. The van der Waals surface area contributed by atoms with E-state index in [1.165, 1.54) is 0 Å². The molecule has 40 heavy (non-hydrogen) atoms. The molecular formula is C28H36Cl2N6O4. The van der Waals surface area contributed by atoms with Gasteiger partial charge in [0.2, 0.25) is 0 Å². The highest BCUT2D eigenvalue weighted by Crippen LogP contribution is 2.26. The minimum Gasteiger partial charge on any atom is -0.507 e. The van der Waals surface area contributed by atoms with Gasteiger partial charge in [0.1, 0.15) is 11.5 Å². The van der Waals surface area contributed by atoms with Crippen molar-refractivity contribution in [1.29, 1.82) is 0 Å². The number of phenols is 2. The summed E-state index contributed by atoms with van der Waals surface area (Å²) in [4.78, 5) is 21.8. The highest BCUT2D eigenvalue weighted by Gasteiger charge is 2.10. The van der Waals surface area contributed by atoms with Crippen LogP contribution in [0.3, 0.4) is 0 Å². The minimum atomic E-state index is 0.000735. The highest BCUT2D eigenvalue weighted by molar-refractivity contribution is 6.31. The molecule has 0 spiro atoms. The molecule has 4 N–H and O–H groups in total. The van der Waals surface area contributed by atoms with Gasteiger partial charge in [-0.05, 0) is 24.3 Å². The zero-order valence-electron chi connectivity index (χ0n) is 22.3. The molecule has 216 valence electrons. The van der Waals surface area contributed by atoms with Crippen LogP contribution in [0.1, 0.15) is 22.3 Å². The van der Waals surface area contributed by atoms with Gasteiger partial charge >= 0.3 is 0 Å². The molecule has 0 unspecified atom stereocenters. The second-order valence-electron chi connectivity index (χ2n) is 9.14. The Hall–Kier alpha value is -2.86. The first-order valence-electron chi connectivity index (χ1n) is 13.1. The largest absolute Gasteiger partial charge is 0.507 e. The normalized spacial score (nSPS) is 16.7. The fraction of sp³-hybridized carbons (Fsp3) is 0.429. The molecule has 1 aliphatic heterocycles. The molecule has 3 rings (SSSR count). The molecule has 1 heterocycles. The van der Waals surface area contributed by atoms with E-state index in [9.17, 15) is 20.4 Å². The Morgan fingerprint density at radius 1 is 0.550 bits per heavy atom. The molecule has 0 fully saturated rings. The summed E-state index contributed by atoms with van der Waals surface area (Å²) < 4.78 is 0. The number of aliphatic hydroxyl groups is 2. The Bertz CT molecular complexity index is 1050. The molecule has 2 aromatic rings. The average Bonchev–Trinajstić information content (AvgIpc) is 2.92. The molecule has 1 aliphatic rings. The van der Waals surface area contributed by atoms with Crippen molar-refractivity contribution in [3.8, 4) is 11.5 Å². The van der Waals surface area contributed by atoms with Crippen LogP contribution >= 0.6 is 23.2 Å². The number of phenolic OH excluding ortho intramolecular Hbond substituents is 2. The van der Waals surface area contributed by atoms with E-state index in [0.29, 0.717) is 97.7 Å². The average molecular weight is 592 g/mol. The quantitative estimate of drug-likeness (QED) is 0.431. The van der Waals surface area contributed by atoms with Crippen molar-refractivity contribution >= 4 is 48.1 Å². The van der Waals surface area contributed by atoms with E-state index in [0.717, 1.165) is 0 Å². The monoisotopic (exact) mass is 590 g/mol. The van der Waals surface area contributed by atoms with Crippen LogP contribution < -0.4 is 0 Å². The van der Waals surface area contributed by atoms with Gasteiger partial charge < -0.3 is 20.4 Å². The maximum atomic E-state index is 10.7. The van der Waals surface area contributed by atoms with Crippen LogP contribution in [-0.4, -0.2) is 134 Å². The van der Waals surface area contributed by atoms with Gasteiger partial charge in [-0.25, -0.2) is 0 Å². The summed E-state index contributed by atoms with van der Waals surface area (Å²) in [6, 6.07) is 6.56. The Balaban J connectivity index is 1.84. The molecule has 0 aromatic heterocycles. The lowest BCUT2D eigenvalue weighted by Gasteiger charge is -2.19. The van der Waals surface area contributed by atoms with Crippen LogP contribution in [0.5, 0.6) is 11.5 Å². The number of β-amino-alcohol motifs (C(OH)–C–C–N with tert-alkyl or cyclic N) is 2. The summed E-state index contributed by atoms with van der Waals surface area (Å²) in [6.45, 7) is 5.02. The number of aromatic hydroxyl groups is 2. The number of nitrogens with zero attached hydrogens (tertiary/aromatic N) is 6. The summed E-state index contributed by atoms with van der Waals surface area (Å²) in [5.41, 5.74) is 1.95. The van der Waals surface area contributed by atoms with Crippen LogP contribution in [0, 0.1) is 0 Å². The highest BCUT2D eigenvalue weighted by atomic mass is 35.5. The maximum absolute atomic E-state index is 10.7. The second-order valence-corrected chi connectivity index (χ2v) is 10.0. The van der Waals surface area contributed by atoms with E-state index in [-0.39, 0.29) is 24.7 Å². The topological polar surface area (TPSA) is 137 Å². The third-order valence-corrected chi connectivity index (χ3v) is 6.64. The first kappa shape index (κ1) is 31.7. The van der Waals surface area contributed by atoms with Gasteiger partial charge in [-0.1, -0.05) is 23.2 Å². The van der Waals surface area contributed by atoms with Gasteiger partial charge in [0.25, 0.3) is 0 Å². The summed E-state index contributed by atoms with van der Waals surface area (Å²) in [7, 11) is 0. The smallest absolute Gasteiger partial charge is 0.133 e. The molecule has 2 aromatic carbocycles. The van der Waals surface area contributed by atoms with Crippen LogP contribution in [-0.2, 0) is 0 Å². The Morgan fingerprint density at radius 3 is 1.07 bits per heavy atom. The number of hydrogen-bond donors (Lipinski definition) is 4. The summed E-state index contributed by atoms with van der Waals surface area (Å²) >= 11 is 12.5. The van der Waals surface area contributed by atoms with Crippen molar-refractivity contribution in [1.82, 2.24) is 9.80 Å². The number of benzene rings is 2. The zero-order chi connectivity index (χ0) is 28.7. The van der Waals surface area contributed by atoms with Crippen molar-refractivity contribution in [3.05, 3.63) is 56.6 Å². The van der Waals surface area contributed by atoms with E-state index >= 15 is 0 Å². The first-order valence-corrected chi connectivity index (χ1v) is 13.9. The van der Waals surface area contributed by atoms with E-state index < -0.39 is 0 Å². The molecule has 0 saturated carbocycles. The van der Waals surface area contributed by atoms with Gasteiger partial charge in [0.05, 0.1) is 39.4 Å². The lowest BCUT2D eigenvalue weighted by atomic mass is 10.1. The number of halogens is 2. The number of aliphatic hydroxyl groups excluding tert-OH is 2. The minimum absolute atomic E-state index is 0.000735. The molecule has 10 nitrogen and oxygen atoms in total. The summed E-state index contributed by atoms with van der Waals surface area (Å²) in [6.07, 6.45) is 6.31. The van der Waals surface area contributed by atoms with Crippen LogP contribution in [0.25, 0.3) is 0 Å². The number of aliphatic imine (C=N–C) groups is 4. The van der Waals surface area contributed by atoms with Crippen LogP contribution in [0.2, 0.25) is 10.0 Å². The molecule has 4 bridgehead atoms. The third-order valence-electron chi connectivity index (χ3n) is 6.20. The van der Waals surface area contributed by atoms with E-state index in [2.05, 4.69) is 20.0 Å². The standard InChI is InChI=1S/C28H36Cl2N6O4/c29-25-13-21-17-31-1-5-35(9-11-37)6-2-32-19-23-15-26(30)16-24(28(23)40)20-34-4-8-36(10-12-38)7-3-33-18-22(14-25)27(21)39/h13-20,37-40H,1-12H2. The Labute approximate surface area is 244 Å². The zero-order valence-corrected chi connectivity index (χ0v) is 23.8. The fourth-order valence-corrected chi connectivity index (χ4v) is 4.55. The SMILES string of the molecule is OCCN1CCN=Cc2cc(Cl)cc(c2O)C=NCCN(CCO)CCN=Cc2cc(Cl)cc(c2O)C=NCC1. The predicted molar refractivity (Wildman–Crippen MR) is 163 cm³/mol. The van der Waals surface area contributed by atoms with Crippen molar-refractivity contribution in [2.75, 3.05) is 78.7 Å². The molecule has 0 aliphatic carbocycles. The molecule has 0 amide bonds. The number of fused-ring (bicyclic) bond motifs is 4. The van der Waals surface area contributed by atoms with Crippen molar-refractivity contribution in [3.63, 3.8) is 0 Å². The van der Waals surface area contributed by atoms with Gasteiger partial charge in [-0.15, -0.1) is 0 Å². The molecule has 0 saturated heterocycles. The van der Waals surface area contributed by atoms with Crippen molar-refractivity contribution < 1.29 is 20.4 Å². The van der Waals surface area contributed by atoms with Gasteiger partial charge in [0, 0.05) is 96.4 Å². The lowest BCUT2D eigenvalue weighted by Crippen LogP contribution is -2.32. The fourth-order valence-electron chi connectivity index (χ4n) is 4.08. The number of rotatable bonds is 4. The summed E-state index contributed by atoms with van der Waals surface area (Å²) in [5, 5.41) is 41.3. The molecule has 12 heteroatoms. The van der Waals surface area contributed by atoms with Crippen molar-refractivity contribution in [2.45, 2.75) is 0 Å². The van der Waals surface area contributed by atoms with E-state index in [1.54, 1.807) is 49.1 Å². The van der Waals surface area contributed by atoms with E-state index in [4.69, 9.17) is 23.2 Å². The van der Waals surface area contributed by atoms with Crippen LogP contribution in [0.4, 0.5) is 0 Å². The van der Waals surface area contributed by atoms with E-state index in [1.807, 2.05) is 9.80 Å². The van der Waals surface area contributed by atoms with Gasteiger partial charge in [-0.2, -0.15) is 0 Å². The Morgan fingerprint density at radius 2 is 0.825 bits per heavy atom. The number of hydrogen-bond acceptors (Lipinski definition) is 10. The van der Waals surface area contributed by atoms with Crippen molar-refractivity contribution in [2.24, 2.45) is 20.0 Å². The first-order chi connectivity index (χ1) is 19.4. The van der Waals surface area contributed by atoms with Gasteiger partial charge in [-0.3, -0.25) is 29.8 Å². The lowest BCUT2D eigenvalue weighted by molar-refractivity contribution is 0.203. The second kappa shape index (κ2) is 17.1. The Kier molecular flexibility index (Phi) is 13.5. The van der Waals surface area contributed by atoms with Crippen LogP contribution in [0.15, 0.2) is 44.2 Å². The molecule has 0 radical (unpaired) electrons.